The molecule has 0 aliphatic heterocycles. The summed E-state index contributed by atoms with van der Waals surface area (Å²) in [5.74, 6) is -0.627. The van der Waals surface area contributed by atoms with Crippen molar-refractivity contribution in [3.05, 3.63) is 88.2 Å². The van der Waals surface area contributed by atoms with Crippen molar-refractivity contribution in [1.29, 1.82) is 0 Å². The highest BCUT2D eigenvalue weighted by atomic mass is 35.5. The van der Waals surface area contributed by atoms with Gasteiger partial charge in [-0.3, -0.25) is 4.31 Å². The zero-order valence-corrected chi connectivity index (χ0v) is 20.6. The van der Waals surface area contributed by atoms with Crippen LogP contribution in [0.1, 0.15) is 35.3 Å². The molecule has 0 aliphatic carbocycles. The van der Waals surface area contributed by atoms with E-state index in [-0.39, 0.29) is 34.2 Å². The predicted molar refractivity (Wildman–Crippen MR) is 130 cm³/mol. The molecule has 0 bridgehead atoms. The maximum atomic E-state index is 13.9. The first kappa shape index (κ1) is 25.5. The molecule has 180 valence electrons. The number of nitrogens with zero attached hydrogens (tertiary/aromatic N) is 1. The lowest BCUT2D eigenvalue weighted by Gasteiger charge is -2.23. The Bertz CT molecular complexity index is 1260. The van der Waals surface area contributed by atoms with Gasteiger partial charge in [-0.2, -0.15) is 0 Å². The molecule has 0 aliphatic rings. The highest BCUT2D eigenvalue weighted by molar-refractivity contribution is 7.92. The number of anilines is 1. The van der Waals surface area contributed by atoms with Gasteiger partial charge in [0, 0.05) is 12.1 Å². The van der Waals surface area contributed by atoms with Crippen molar-refractivity contribution in [3.63, 3.8) is 0 Å². The smallest absolute Gasteiger partial charge is 0.338 e. The van der Waals surface area contributed by atoms with Gasteiger partial charge in [0.15, 0.2) is 0 Å². The van der Waals surface area contributed by atoms with Crippen molar-refractivity contribution < 1.29 is 27.1 Å². The lowest BCUT2D eigenvalue weighted by Crippen LogP contribution is -2.31. The van der Waals surface area contributed by atoms with Gasteiger partial charge in [-0.15, -0.1) is 0 Å². The zero-order valence-electron chi connectivity index (χ0n) is 19.0. The van der Waals surface area contributed by atoms with Gasteiger partial charge in [0.05, 0.1) is 28.3 Å². The lowest BCUT2D eigenvalue weighted by atomic mass is 10.1. The monoisotopic (exact) mass is 505 g/mol. The molecule has 9 heteroatoms. The van der Waals surface area contributed by atoms with E-state index in [2.05, 4.69) is 0 Å². The van der Waals surface area contributed by atoms with E-state index in [4.69, 9.17) is 21.1 Å². The highest BCUT2D eigenvalue weighted by Crippen LogP contribution is 2.28. The Hall–Kier alpha value is -3.10. The maximum Gasteiger partial charge on any atom is 0.338 e. The summed E-state index contributed by atoms with van der Waals surface area (Å²) in [7, 11) is -2.70. The first-order valence-corrected chi connectivity index (χ1v) is 12.4. The Morgan fingerprint density at radius 1 is 1.06 bits per heavy atom. The average molecular weight is 506 g/mol. The Balaban J connectivity index is 1.85. The fourth-order valence-corrected chi connectivity index (χ4v) is 5.20. The first-order chi connectivity index (χ1) is 16.2. The topological polar surface area (TPSA) is 72.9 Å². The van der Waals surface area contributed by atoms with E-state index < -0.39 is 21.8 Å². The molecule has 3 aromatic carbocycles. The second kappa shape index (κ2) is 10.9. The molecule has 0 aromatic heterocycles. The number of carbonyl (C=O) groups is 1. The van der Waals surface area contributed by atoms with Crippen LogP contribution >= 0.6 is 11.6 Å². The van der Waals surface area contributed by atoms with Gasteiger partial charge in [0.25, 0.3) is 10.0 Å². The predicted octanol–water partition coefficient (Wildman–Crippen LogP) is 5.62. The number of methoxy groups -OCH3 is 1. The van der Waals surface area contributed by atoms with Crippen LogP contribution in [0.4, 0.5) is 10.1 Å². The third-order valence-corrected chi connectivity index (χ3v) is 7.57. The molecule has 0 fully saturated rings. The summed E-state index contributed by atoms with van der Waals surface area (Å²) < 4.78 is 52.4. The number of ether oxygens (including phenoxy) is 2. The summed E-state index contributed by atoms with van der Waals surface area (Å²) in [5, 5.41) is 0.264. The molecule has 0 saturated carbocycles. The van der Waals surface area contributed by atoms with Gasteiger partial charge in [-0.05, 0) is 67.4 Å². The Labute approximate surface area is 203 Å². The summed E-state index contributed by atoms with van der Waals surface area (Å²) in [4.78, 5) is 12.1. The molecular weight excluding hydrogens is 481 g/mol. The Morgan fingerprint density at radius 3 is 2.35 bits per heavy atom. The van der Waals surface area contributed by atoms with Gasteiger partial charge in [-0.1, -0.05) is 30.7 Å². The standard InChI is InChI=1S/C25H25ClFNO5S/c1-4-17-9-14-20(15-21(17)25(29)32-3)34(30,31)28(5-2)18-10-12-19(13-11-18)33-16-22-23(26)7-6-8-24(22)27/h6-15H,4-5,16H2,1-3H3. The van der Waals surface area contributed by atoms with E-state index in [1.807, 2.05) is 6.92 Å². The van der Waals surface area contributed by atoms with Crippen molar-refractivity contribution in [3.8, 4) is 5.75 Å². The van der Waals surface area contributed by atoms with E-state index in [1.54, 1.807) is 43.3 Å². The SMILES string of the molecule is CCc1ccc(S(=O)(=O)N(CC)c2ccc(OCc3c(F)cccc3Cl)cc2)cc1C(=O)OC. The lowest BCUT2D eigenvalue weighted by molar-refractivity contribution is 0.0599. The van der Waals surface area contributed by atoms with Crippen LogP contribution in [0.5, 0.6) is 5.75 Å². The summed E-state index contributed by atoms with van der Waals surface area (Å²) in [6.07, 6.45) is 0.557. The van der Waals surface area contributed by atoms with E-state index in [0.717, 1.165) is 0 Å². The number of esters is 1. The molecule has 3 rings (SSSR count). The summed E-state index contributed by atoms with van der Waals surface area (Å²) in [5.41, 5.74) is 1.57. The minimum Gasteiger partial charge on any atom is -0.489 e. The minimum atomic E-state index is -3.96. The molecule has 0 amide bonds. The second-order valence-electron chi connectivity index (χ2n) is 7.32. The number of sulfonamides is 1. The van der Waals surface area contributed by atoms with E-state index >= 15 is 0 Å². The first-order valence-electron chi connectivity index (χ1n) is 10.6. The van der Waals surface area contributed by atoms with Crippen molar-refractivity contribution in [2.75, 3.05) is 18.0 Å². The molecular formula is C25H25ClFNO5S. The van der Waals surface area contributed by atoms with Crippen LogP contribution < -0.4 is 9.04 Å². The van der Waals surface area contributed by atoms with Crippen LogP contribution in [0.2, 0.25) is 5.02 Å². The Kier molecular flexibility index (Phi) is 8.17. The molecule has 6 nitrogen and oxygen atoms in total. The molecule has 0 heterocycles. The summed E-state index contributed by atoms with van der Waals surface area (Å²) in [6.45, 7) is 3.68. The molecule has 0 saturated heterocycles. The average Bonchev–Trinajstić information content (AvgIpc) is 2.84. The summed E-state index contributed by atoms with van der Waals surface area (Å²) >= 11 is 6.03. The van der Waals surface area contributed by atoms with Crippen LogP contribution in [0.3, 0.4) is 0 Å². The van der Waals surface area contributed by atoms with Gasteiger partial charge < -0.3 is 9.47 Å². The van der Waals surface area contributed by atoms with Crippen molar-refractivity contribution >= 4 is 33.3 Å². The molecule has 0 spiro atoms. The molecule has 0 radical (unpaired) electrons. The summed E-state index contributed by atoms with van der Waals surface area (Å²) in [6, 6.07) is 15.2. The number of benzene rings is 3. The van der Waals surface area contributed by atoms with Gasteiger partial charge in [0.1, 0.15) is 18.2 Å². The third-order valence-electron chi connectivity index (χ3n) is 5.31. The fraction of sp³-hybridized carbons (Fsp3) is 0.240. The second-order valence-corrected chi connectivity index (χ2v) is 9.59. The quantitative estimate of drug-likeness (QED) is 0.353. The number of hydrogen-bond acceptors (Lipinski definition) is 5. The van der Waals surface area contributed by atoms with Gasteiger partial charge >= 0.3 is 5.97 Å². The van der Waals surface area contributed by atoms with Crippen molar-refractivity contribution in [2.24, 2.45) is 0 Å². The normalized spacial score (nSPS) is 11.2. The van der Waals surface area contributed by atoms with E-state index in [1.165, 1.54) is 35.7 Å². The van der Waals surface area contributed by atoms with E-state index in [9.17, 15) is 17.6 Å². The molecule has 0 N–H and O–H groups in total. The number of rotatable bonds is 9. The molecule has 0 atom stereocenters. The van der Waals surface area contributed by atoms with Gasteiger partial charge in [0.2, 0.25) is 0 Å². The number of aryl methyl sites for hydroxylation is 1. The highest BCUT2D eigenvalue weighted by Gasteiger charge is 2.26. The fourth-order valence-electron chi connectivity index (χ4n) is 3.48. The minimum absolute atomic E-state index is 0.0125. The van der Waals surface area contributed by atoms with Crippen molar-refractivity contribution in [2.45, 2.75) is 31.8 Å². The molecule has 0 unspecified atom stereocenters. The van der Waals surface area contributed by atoms with E-state index in [0.29, 0.717) is 23.4 Å². The molecule has 3 aromatic rings. The number of hydrogen-bond donors (Lipinski definition) is 0. The third kappa shape index (κ3) is 5.34. The maximum absolute atomic E-state index is 13.9. The largest absolute Gasteiger partial charge is 0.489 e. The number of carbonyl (C=O) groups excluding carboxylic acids is 1. The number of halogens is 2. The van der Waals surface area contributed by atoms with Crippen LogP contribution in [-0.4, -0.2) is 28.0 Å². The van der Waals surface area contributed by atoms with Crippen molar-refractivity contribution in [1.82, 2.24) is 0 Å². The van der Waals surface area contributed by atoms with Crippen LogP contribution in [0.15, 0.2) is 65.6 Å². The van der Waals surface area contributed by atoms with Crippen LogP contribution in [0.25, 0.3) is 0 Å². The zero-order chi connectivity index (χ0) is 24.9. The Morgan fingerprint density at radius 2 is 1.76 bits per heavy atom. The van der Waals surface area contributed by atoms with Gasteiger partial charge in [-0.25, -0.2) is 17.6 Å². The van der Waals surface area contributed by atoms with Crippen LogP contribution in [-0.2, 0) is 27.8 Å². The molecule has 34 heavy (non-hydrogen) atoms. The van der Waals surface area contributed by atoms with Crippen LogP contribution in [0, 0.1) is 5.82 Å².